The van der Waals surface area contributed by atoms with Crippen LogP contribution in [0.4, 0.5) is 0 Å². The molecule has 1 N–H and O–H groups in total. The van der Waals surface area contributed by atoms with Crippen LogP contribution in [0.2, 0.25) is 0 Å². The summed E-state index contributed by atoms with van der Waals surface area (Å²) in [5.74, 6) is 0.715. The number of carbonyl (C=O) groups is 2. The summed E-state index contributed by atoms with van der Waals surface area (Å²) >= 11 is 0. The third-order valence-electron chi connectivity index (χ3n) is 3.29. The summed E-state index contributed by atoms with van der Waals surface area (Å²) in [7, 11) is 1.55. The first-order chi connectivity index (χ1) is 10.6. The third kappa shape index (κ3) is 4.00. The van der Waals surface area contributed by atoms with Crippen LogP contribution in [0.25, 0.3) is 6.08 Å². The van der Waals surface area contributed by atoms with Gasteiger partial charge in [0.1, 0.15) is 0 Å². The molecule has 0 aromatic heterocycles. The van der Waals surface area contributed by atoms with E-state index >= 15 is 0 Å². The standard InChI is InChI=1S/C16H20N2O4/c1-3-4-12-5-6-13(14(9-12)21-2)22-11-16(20)18-8-7-17-15(19)10-18/h3-6,9H,7-8,10-11H2,1-2H3,(H,17,19)/b4-3+. The fourth-order valence-corrected chi connectivity index (χ4v) is 2.18. The molecule has 0 unspecified atom stereocenters. The summed E-state index contributed by atoms with van der Waals surface area (Å²) in [5, 5.41) is 2.68. The Morgan fingerprint density at radius 1 is 1.41 bits per heavy atom. The number of benzene rings is 1. The van der Waals surface area contributed by atoms with Crippen LogP contribution in [-0.4, -0.2) is 50.1 Å². The molecule has 6 nitrogen and oxygen atoms in total. The second kappa shape index (κ2) is 7.49. The van der Waals surface area contributed by atoms with Gasteiger partial charge in [0.25, 0.3) is 5.91 Å². The van der Waals surface area contributed by atoms with Gasteiger partial charge >= 0.3 is 0 Å². The number of nitrogens with one attached hydrogen (secondary N) is 1. The van der Waals surface area contributed by atoms with Crippen molar-refractivity contribution < 1.29 is 19.1 Å². The molecule has 2 amide bonds. The van der Waals surface area contributed by atoms with Gasteiger partial charge in [-0.05, 0) is 24.6 Å². The molecular weight excluding hydrogens is 284 g/mol. The topological polar surface area (TPSA) is 67.9 Å². The minimum absolute atomic E-state index is 0.0829. The number of hydrogen-bond donors (Lipinski definition) is 1. The van der Waals surface area contributed by atoms with Gasteiger partial charge in [0.2, 0.25) is 5.91 Å². The zero-order valence-electron chi connectivity index (χ0n) is 12.8. The van der Waals surface area contributed by atoms with E-state index in [-0.39, 0.29) is 25.0 Å². The summed E-state index contributed by atoms with van der Waals surface area (Å²) in [4.78, 5) is 24.8. The molecule has 0 aliphatic carbocycles. The van der Waals surface area contributed by atoms with Crippen LogP contribution >= 0.6 is 0 Å². The van der Waals surface area contributed by atoms with Crippen molar-refractivity contribution in [2.24, 2.45) is 0 Å². The highest BCUT2D eigenvalue weighted by Gasteiger charge is 2.21. The van der Waals surface area contributed by atoms with E-state index in [0.29, 0.717) is 24.6 Å². The predicted octanol–water partition coefficient (Wildman–Crippen LogP) is 1.07. The monoisotopic (exact) mass is 304 g/mol. The molecule has 1 aromatic carbocycles. The Morgan fingerprint density at radius 2 is 2.23 bits per heavy atom. The number of nitrogens with zero attached hydrogens (tertiary/aromatic N) is 1. The molecule has 2 rings (SSSR count). The average Bonchev–Trinajstić information content (AvgIpc) is 2.53. The normalized spacial score (nSPS) is 14.8. The molecule has 1 saturated heterocycles. The second-order valence-corrected chi connectivity index (χ2v) is 4.86. The maximum Gasteiger partial charge on any atom is 0.261 e. The average molecular weight is 304 g/mol. The molecule has 0 spiro atoms. The fourth-order valence-electron chi connectivity index (χ4n) is 2.18. The summed E-state index contributed by atoms with van der Waals surface area (Å²) in [6, 6.07) is 5.50. The van der Waals surface area contributed by atoms with Crippen LogP contribution in [0.3, 0.4) is 0 Å². The SMILES string of the molecule is C/C=C/c1ccc(OCC(=O)N2CCNC(=O)C2)c(OC)c1. The van der Waals surface area contributed by atoms with Crippen molar-refractivity contribution in [2.45, 2.75) is 6.92 Å². The van der Waals surface area contributed by atoms with E-state index < -0.39 is 0 Å². The van der Waals surface area contributed by atoms with Gasteiger partial charge in [0.05, 0.1) is 13.7 Å². The van der Waals surface area contributed by atoms with Crippen LogP contribution in [-0.2, 0) is 9.59 Å². The van der Waals surface area contributed by atoms with Crippen molar-refractivity contribution in [3.05, 3.63) is 29.8 Å². The quantitative estimate of drug-likeness (QED) is 0.883. The Balaban J connectivity index is 1.98. The highest BCUT2D eigenvalue weighted by Crippen LogP contribution is 2.28. The first kappa shape index (κ1) is 15.9. The van der Waals surface area contributed by atoms with E-state index in [1.54, 1.807) is 13.2 Å². The zero-order valence-corrected chi connectivity index (χ0v) is 12.8. The summed E-state index contributed by atoms with van der Waals surface area (Å²) < 4.78 is 10.8. The largest absolute Gasteiger partial charge is 0.493 e. The molecule has 1 aliphatic rings. The van der Waals surface area contributed by atoms with E-state index in [4.69, 9.17) is 9.47 Å². The van der Waals surface area contributed by atoms with E-state index in [0.717, 1.165) is 5.56 Å². The Kier molecular flexibility index (Phi) is 5.41. The van der Waals surface area contributed by atoms with E-state index in [1.165, 1.54) is 4.90 Å². The lowest BCUT2D eigenvalue weighted by Crippen LogP contribution is -2.51. The molecule has 6 heteroatoms. The van der Waals surface area contributed by atoms with Crippen molar-refractivity contribution in [2.75, 3.05) is 33.4 Å². The fraction of sp³-hybridized carbons (Fsp3) is 0.375. The Labute approximate surface area is 129 Å². The van der Waals surface area contributed by atoms with Gasteiger partial charge in [-0.3, -0.25) is 9.59 Å². The number of allylic oxidation sites excluding steroid dienone is 1. The minimum atomic E-state index is -0.213. The van der Waals surface area contributed by atoms with Crippen LogP contribution in [0, 0.1) is 0 Å². The van der Waals surface area contributed by atoms with Gasteiger partial charge in [-0.15, -0.1) is 0 Å². The molecular formula is C16H20N2O4. The van der Waals surface area contributed by atoms with Gasteiger partial charge in [-0.1, -0.05) is 18.2 Å². The third-order valence-corrected chi connectivity index (χ3v) is 3.29. The first-order valence-corrected chi connectivity index (χ1v) is 7.12. The number of ether oxygens (including phenoxy) is 2. The van der Waals surface area contributed by atoms with Crippen molar-refractivity contribution in [1.29, 1.82) is 0 Å². The maximum atomic E-state index is 12.1. The summed E-state index contributed by atoms with van der Waals surface area (Å²) in [6.45, 7) is 2.88. The molecule has 1 fully saturated rings. The predicted molar refractivity (Wildman–Crippen MR) is 82.8 cm³/mol. The number of carbonyl (C=O) groups excluding carboxylic acids is 2. The Morgan fingerprint density at radius 3 is 2.91 bits per heavy atom. The second-order valence-electron chi connectivity index (χ2n) is 4.86. The summed E-state index contributed by atoms with van der Waals surface area (Å²) in [6.07, 6.45) is 3.88. The number of hydrogen-bond acceptors (Lipinski definition) is 4. The molecule has 22 heavy (non-hydrogen) atoms. The van der Waals surface area contributed by atoms with Gasteiger partial charge in [-0.2, -0.15) is 0 Å². The lowest BCUT2D eigenvalue weighted by Gasteiger charge is -2.26. The zero-order chi connectivity index (χ0) is 15.9. The number of piperazine rings is 1. The lowest BCUT2D eigenvalue weighted by atomic mass is 10.2. The highest BCUT2D eigenvalue weighted by atomic mass is 16.5. The molecule has 0 saturated carbocycles. The highest BCUT2D eigenvalue weighted by molar-refractivity contribution is 5.86. The first-order valence-electron chi connectivity index (χ1n) is 7.12. The molecule has 118 valence electrons. The molecule has 1 aliphatic heterocycles. The molecule has 0 radical (unpaired) electrons. The van der Waals surface area contributed by atoms with Crippen molar-refractivity contribution >= 4 is 17.9 Å². The number of rotatable bonds is 5. The van der Waals surface area contributed by atoms with Crippen LogP contribution < -0.4 is 14.8 Å². The minimum Gasteiger partial charge on any atom is -0.493 e. The molecule has 0 atom stereocenters. The smallest absolute Gasteiger partial charge is 0.261 e. The van der Waals surface area contributed by atoms with Crippen molar-refractivity contribution in [1.82, 2.24) is 10.2 Å². The molecule has 1 heterocycles. The van der Waals surface area contributed by atoms with E-state index in [2.05, 4.69) is 5.32 Å². The van der Waals surface area contributed by atoms with Gasteiger partial charge in [0, 0.05) is 13.1 Å². The number of methoxy groups -OCH3 is 1. The van der Waals surface area contributed by atoms with Crippen LogP contribution in [0.15, 0.2) is 24.3 Å². The number of amides is 2. The van der Waals surface area contributed by atoms with Gasteiger partial charge < -0.3 is 19.7 Å². The van der Waals surface area contributed by atoms with Crippen LogP contribution in [0.5, 0.6) is 11.5 Å². The molecule has 1 aromatic rings. The van der Waals surface area contributed by atoms with Crippen molar-refractivity contribution in [3.8, 4) is 11.5 Å². The Hall–Kier alpha value is -2.50. The lowest BCUT2D eigenvalue weighted by molar-refractivity contribution is -0.139. The van der Waals surface area contributed by atoms with Crippen molar-refractivity contribution in [3.63, 3.8) is 0 Å². The van der Waals surface area contributed by atoms with Gasteiger partial charge in [0.15, 0.2) is 18.1 Å². The van der Waals surface area contributed by atoms with Gasteiger partial charge in [-0.25, -0.2) is 0 Å². The Bertz CT molecular complexity index is 584. The van der Waals surface area contributed by atoms with E-state index in [1.807, 2.05) is 31.2 Å². The molecule has 0 bridgehead atoms. The van der Waals surface area contributed by atoms with E-state index in [9.17, 15) is 9.59 Å². The summed E-state index contributed by atoms with van der Waals surface area (Å²) in [5.41, 5.74) is 0.991. The maximum absolute atomic E-state index is 12.1. The van der Waals surface area contributed by atoms with Crippen LogP contribution in [0.1, 0.15) is 12.5 Å².